The second-order valence-corrected chi connectivity index (χ2v) is 5.80. The van der Waals surface area contributed by atoms with E-state index in [4.69, 9.17) is 16.3 Å². The summed E-state index contributed by atoms with van der Waals surface area (Å²) in [5.41, 5.74) is 0.971. The van der Waals surface area contributed by atoms with E-state index >= 15 is 0 Å². The summed E-state index contributed by atoms with van der Waals surface area (Å²) in [5, 5.41) is 7.53. The van der Waals surface area contributed by atoms with Crippen molar-refractivity contribution >= 4 is 34.0 Å². The lowest BCUT2D eigenvalue weighted by Gasteiger charge is -2.04. The monoisotopic (exact) mass is 354 g/mol. The largest absolute Gasteiger partial charge is 0.454 e. The topological polar surface area (TPSA) is 89.3 Å². The Hall–Kier alpha value is -3.19. The zero-order valence-corrected chi connectivity index (χ0v) is 13.5. The fraction of sp³-hybridized carbons (Fsp3) is 0.0588. The van der Waals surface area contributed by atoms with Crippen LogP contribution in [0.2, 0.25) is 5.02 Å². The van der Waals surface area contributed by atoms with Crippen LogP contribution in [0.3, 0.4) is 0 Å². The van der Waals surface area contributed by atoms with Gasteiger partial charge >= 0.3 is 5.97 Å². The number of ether oxygens (including phenoxy) is 1. The Kier molecular flexibility index (Phi) is 3.70. The second-order valence-electron chi connectivity index (χ2n) is 5.37. The molecule has 1 N–H and O–H groups in total. The number of imidazole rings is 1. The first-order chi connectivity index (χ1) is 12.1. The number of carbonyl (C=O) groups excluding carboxylic acids is 1. The van der Waals surface area contributed by atoms with Crippen LogP contribution in [0, 0.1) is 0 Å². The van der Waals surface area contributed by atoms with Crippen LogP contribution in [-0.4, -0.2) is 25.6 Å². The standard InChI is InChI=1S/C17H11ClN4O3/c18-10-5-6-14-19-11(8-22(14)7-10)9-25-17(24)15-12-3-1-2-4-13(12)16(23)21-20-15/h1-8H,9H2,(H,21,23). The molecule has 25 heavy (non-hydrogen) atoms. The van der Waals surface area contributed by atoms with Crippen molar-refractivity contribution in [1.82, 2.24) is 19.6 Å². The maximum Gasteiger partial charge on any atom is 0.359 e. The van der Waals surface area contributed by atoms with Crippen LogP contribution in [0.5, 0.6) is 0 Å². The van der Waals surface area contributed by atoms with Crippen molar-refractivity contribution in [3.8, 4) is 0 Å². The molecule has 0 saturated heterocycles. The first kappa shape index (κ1) is 15.3. The summed E-state index contributed by atoms with van der Waals surface area (Å²) in [4.78, 5) is 28.5. The number of fused-ring (bicyclic) bond motifs is 2. The molecule has 0 atom stereocenters. The van der Waals surface area contributed by atoms with E-state index in [2.05, 4.69) is 15.2 Å². The molecule has 7 nitrogen and oxygen atoms in total. The quantitative estimate of drug-likeness (QED) is 0.571. The van der Waals surface area contributed by atoms with Gasteiger partial charge in [0.25, 0.3) is 5.56 Å². The Morgan fingerprint density at radius 2 is 1.96 bits per heavy atom. The highest BCUT2D eigenvalue weighted by Crippen LogP contribution is 2.15. The molecule has 3 aromatic heterocycles. The van der Waals surface area contributed by atoms with Gasteiger partial charge in [-0.2, -0.15) is 5.10 Å². The molecule has 0 aliphatic rings. The molecule has 124 valence electrons. The summed E-state index contributed by atoms with van der Waals surface area (Å²) in [7, 11) is 0. The average molecular weight is 355 g/mol. The van der Waals surface area contributed by atoms with Gasteiger partial charge in [-0.25, -0.2) is 14.9 Å². The number of hydrogen-bond acceptors (Lipinski definition) is 5. The Balaban J connectivity index is 1.60. The third-order valence-corrected chi connectivity index (χ3v) is 3.93. The van der Waals surface area contributed by atoms with Gasteiger partial charge in [-0.15, -0.1) is 0 Å². The van der Waals surface area contributed by atoms with Crippen molar-refractivity contribution in [2.24, 2.45) is 0 Å². The zero-order valence-electron chi connectivity index (χ0n) is 12.8. The average Bonchev–Trinajstić information content (AvgIpc) is 3.02. The van der Waals surface area contributed by atoms with Gasteiger partial charge in [0.1, 0.15) is 12.3 Å². The van der Waals surface area contributed by atoms with Crippen LogP contribution >= 0.6 is 11.6 Å². The second kappa shape index (κ2) is 6.03. The molecule has 0 unspecified atom stereocenters. The van der Waals surface area contributed by atoms with Crippen molar-refractivity contribution < 1.29 is 9.53 Å². The molecule has 0 bridgehead atoms. The highest BCUT2D eigenvalue weighted by Gasteiger charge is 2.16. The molecule has 3 heterocycles. The number of carbonyl (C=O) groups is 1. The Labute approximate surface area is 145 Å². The zero-order chi connectivity index (χ0) is 17.4. The van der Waals surface area contributed by atoms with Crippen LogP contribution in [0.1, 0.15) is 16.2 Å². The van der Waals surface area contributed by atoms with Gasteiger partial charge in [0.15, 0.2) is 5.69 Å². The number of H-pyrrole nitrogens is 1. The van der Waals surface area contributed by atoms with E-state index in [-0.39, 0.29) is 17.9 Å². The number of esters is 1. The molecule has 0 fully saturated rings. The van der Waals surface area contributed by atoms with Crippen molar-refractivity contribution in [2.75, 3.05) is 0 Å². The maximum absolute atomic E-state index is 12.4. The summed E-state index contributed by atoms with van der Waals surface area (Å²) in [6, 6.07) is 10.2. The van der Waals surface area contributed by atoms with Crippen molar-refractivity contribution in [3.05, 3.63) is 75.6 Å². The lowest BCUT2D eigenvalue weighted by Crippen LogP contribution is -2.16. The molecule has 0 saturated carbocycles. The first-order valence-electron chi connectivity index (χ1n) is 7.39. The fourth-order valence-corrected chi connectivity index (χ4v) is 2.73. The number of pyridine rings is 1. The summed E-state index contributed by atoms with van der Waals surface area (Å²) in [6.07, 6.45) is 3.44. The van der Waals surface area contributed by atoms with Gasteiger partial charge < -0.3 is 9.14 Å². The van der Waals surface area contributed by atoms with Crippen LogP contribution in [0.4, 0.5) is 0 Å². The summed E-state index contributed by atoms with van der Waals surface area (Å²) in [5.74, 6) is -0.637. The highest BCUT2D eigenvalue weighted by atomic mass is 35.5. The van der Waals surface area contributed by atoms with Crippen LogP contribution in [-0.2, 0) is 11.3 Å². The predicted octanol–water partition coefficient (Wildman–Crippen LogP) is 2.58. The highest BCUT2D eigenvalue weighted by molar-refractivity contribution is 6.30. The van der Waals surface area contributed by atoms with E-state index in [9.17, 15) is 9.59 Å². The fourth-order valence-electron chi connectivity index (χ4n) is 2.56. The minimum absolute atomic E-state index is 0.0206. The van der Waals surface area contributed by atoms with Gasteiger partial charge in [0, 0.05) is 17.8 Å². The number of halogens is 1. The normalized spacial score (nSPS) is 11.1. The summed E-state index contributed by atoms with van der Waals surface area (Å²) < 4.78 is 7.04. The Morgan fingerprint density at radius 3 is 2.80 bits per heavy atom. The van der Waals surface area contributed by atoms with E-state index in [0.29, 0.717) is 27.1 Å². The van der Waals surface area contributed by atoms with Crippen LogP contribution < -0.4 is 5.56 Å². The van der Waals surface area contributed by atoms with Gasteiger partial charge in [-0.05, 0) is 18.2 Å². The molecular formula is C17H11ClN4O3. The van der Waals surface area contributed by atoms with Gasteiger partial charge in [-0.1, -0.05) is 29.8 Å². The molecule has 4 rings (SSSR count). The van der Waals surface area contributed by atoms with E-state index in [0.717, 1.165) is 0 Å². The van der Waals surface area contributed by atoms with Gasteiger partial charge in [-0.3, -0.25) is 4.79 Å². The molecule has 0 aliphatic heterocycles. The molecule has 0 amide bonds. The maximum atomic E-state index is 12.4. The minimum atomic E-state index is -0.637. The number of nitrogens with zero attached hydrogens (tertiary/aromatic N) is 3. The number of nitrogens with one attached hydrogen (secondary N) is 1. The third kappa shape index (κ3) is 2.85. The summed E-state index contributed by atoms with van der Waals surface area (Å²) >= 11 is 5.93. The summed E-state index contributed by atoms with van der Waals surface area (Å²) in [6.45, 7) is -0.0206. The predicted molar refractivity (Wildman–Crippen MR) is 91.7 cm³/mol. The molecule has 0 radical (unpaired) electrons. The van der Waals surface area contributed by atoms with E-state index in [1.807, 2.05) is 0 Å². The Morgan fingerprint density at radius 1 is 1.16 bits per heavy atom. The van der Waals surface area contributed by atoms with Crippen LogP contribution in [0.25, 0.3) is 16.4 Å². The lowest BCUT2D eigenvalue weighted by atomic mass is 10.1. The number of benzene rings is 1. The number of hydrogen-bond donors (Lipinski definition) is 1. The molecule has 0 spiro atoms. The molecule has 1 aromatic carbocycles. The van der Waals surface area contributed by atoms with E-state index in [1.165, 1.54) is 0 Å². The van der Waals surface area contributed by atoms with Gasteiger partial charge in [0.05, 0.1) is 16.1 Å². The van der Waals surface area contributed by atoms with Crippen molar-refractivity contribution in [1.29, 1.82) is 0 Å². The smallest absolute Gasteiger partial charge is 0.359 e. The van der Waals surface area contributed by atoms with Gasteiger partial charge in [0.2, 0.25) is 0 Å². The molecular weight excluding hydrogens is 344 g/mol. The molecule has 0 aliphatic carbocycles. The Bertz CT molecular complexity index is 1170. The van der Waals surface area contributed by atoms with Crippen molar-refractivity contribution in [2.45, 2.75) is 6.61 Å². The molecule has 8 heteroatoms. The number of aromatic amines is 1. The lowest BCUT2D eigenvalue weighted by molar-refractivity contribution is 0.0462. The van der Waals surface area contributed by atoms with E-state index in [1.54, 1.807) is 53.2 Å². The minimum Gasteiger partial charge on any atom is -0.454 e. The van der Waals surface area contributed by atoms with Crippen LogP contribution in [0.15, 0.2) is 53.6 Å². The van der Waals surface area contributed by atoms with E-state index < -0.39 is 5.97 Å². The number of rotatable bonds is 3. The third-order valence-electron chi connectivity index (χ3n) is 3.71. The first-order valence-corrected chi connectivity index (χ1v) is 7.77. The molecule has 4 aromatic rings. The SMILES string of the molecule is O=C(OCc1cn2cc(Cl)ccc2n1)c1n[nH]c(=O)c2ccccc12. The van der Waals surface area contributed by atoms with Crippen molar-refractivity contribution in [3.63, 3.8) is 0 Å². The number of aromatic nitrogens is 4.